The highest BCUT2D eigenvalue weighted by Gasteiger charge is 2.34. The van der Waals surface area contributed by atoms with Gasteiger partial charge in [-0.2, -0.15) is 13.2 Å². The van der Waals surface area contributed by atoms with Crippen LogP contribution in [0.4, 0.5) is 13.2 Å². The van der Waals surface area contributed by atoms with E-state index in [1.807, 2.05) is 0 Å². The van der Waals surface area contributed by atoms with Crippen molar-refractivity contribution < 1.29 is 22.7 Å². The Balaban J connectivity index is 2.31. The van der Waals surface area contributed by atoms with Crippen molar-refractivity contribution in [3.63, 3.8) is 0 Å². The Morgan fingerprint density at radius 3 is 2.43 bits per heavy atom. The highest BCUT2D eigenvalue weighted by Crippen LogP contribution is 2.38. The summed E-state index contributed by atoms with van der Waals surface area (Å²) in [7, 11) is 0. The first-order chi connectivity index (χ1) is 10.8. The predicted octanol–water partition coefficient (Wildman–Crippen LogP) is 4.84. The van der Waals surface area contributed by atoms with Gasteiger partial charge in [-0.3, -0.25) is 0 Å². The van der Waals surface area contributed by atoms with Crippen molar-refractivity contribution in [2.75, 3.05) is 0 Å². The van der Waals surface area contributed by atoms with E-state index in [9.17, 15) is 23.1 Å². The van der Waals surface area contributed by atoms with Crippen molar-refractivity contribution in [1.29, 1.82) is 0 Å². The fraction of sp³-hybridized carbons (Fsp3) is 0.0625. The fourth-order valence-electron chi connectivity index (χ4n) is 2.27. The van der Waals surface area contributed by atoms with E-state index in [-0.39, 0.29) is 27.5 Å². The lowest BCUT2D eigenvalue weighted by Gasteiger charge is -2.13. The van der Waals surface area contributed by atoms with Crippen molar-refractivity contribution >= 4 is 22.6 Å². The summed E-state index contributed by atoms with van der Waals surface area (Å²) in [5.41, 5.74) is -2.41. The molecule has 0 saturated heterocycles. The second-order valence-corrected chi connectivity index (χ2v) is 5.29. The van der Waals surface area contributed by atoms with Crippen LogP contribution in [0.1, 0.15) is 5.56 Å². The van der Waals surface area contributed by atoms with Gasteiger partial charge in [0, 0.05) is 22.0 Å². The van der Waals surface area contributed by atoms with Gasteiger partial charge in [-0.25, -0.2) is 4.79 Å². The number of halogens is 4. The molecule has 118 valence electrons. The molecule has 0 bridgehead atoms. The van der Waals surface area contributed by atoms with Crippen LogP contribution < -0.4 is 5.63 Å². The Hall–Kier alpha value is -2.47. The lowest BCUT2D eigenvalue weighted by atomic mass is 9.99. The van der Waals surface area contributed by atoms with Gasteiger partial charge in [-0.1, -0.05) is 17.7 Å². The van der Waals surface area contributed by atoms with Crippen LogP contribution in [0.2, 0.25) is 5.02 Å². The molecule has 0 aliphatic heterocycles. The molecule has 1 aromatic heterocycles. The number of hydrogen-bond donors (Lipinski definition) is 1. The molecular formula is C16H8ClF3O3. The molecule has 1 N–H and O–H groups in total. The summed E-state index contributed by atoms with van der Waals surface area (Å²) >= 11 is 5.63. The van der Waals surface area contributed by atoms with Crippen molar-refractivity contribution in [2.24, 2.45) is 0 Å². The summed E-state index contributed by atoms with van der Waals surface area (Å²) in [5.74, 6) is -0.115. The lowest BCUT2D eigenvalue weighted by Crippen LogP contribution is -2.11. The molecule has 0 aliphatic rings. The minimum atomic E-state index is -4.67. The standard InChI is InChI=1S/C16H8ClF3O3/c17-9-2-4-11(13(6-9)16(18,19)20)12-5-8-1-3-10(21)7-14(8)23-15(12)22/h1-7,21H. The number of phenols is 1. The van der Waals surface area contributed by atoms with Crippen LogP contribution in [0.5, 0.6) is 5.75 Å². The SMILES string of the molecule is O=c1oc2cc(O)ccc2cc1-c1ccc(Cl)cc1C(F)(F)F. The quantitative estimate of drug-likeness (QED) is 0.645. The van der Waals surface area contributed by atoms with Crippen molar-refractivity contribution in [2.45, 2.75) is 6.18 Å². The average Bonchev–Trinajstić information content (AvgIpc) is 2.46. The molecule has 3 aromatic rings. The average molecular weight is 341 g/mol. The summed E-state index contributed by atoms with van der Waals surface area (Å²) in [4.78, 5) is 12.1. The third-order valence-electron chi connectivity index (χ3n) is 3.30. The van der Waals surface area contributed by atoms with Crippen molar-refractivity contribution in [3.8, 4) is 16.9 Å². The number of alkyl halides is 3. The first kappa shape index (κ1) is 15.4. The van der Waals surface area contributed by atoms with Crippen molar-refractivity contribution in [3.05, 3.63) is 63.5 Å². The zero-order valence-electron chi connectivity index (χ0n) is 11.3. The van der Waals surface area contributed by atoms with Crippen LogP contribution in [0.3, 0.4) is 0 Å². The van der Waals surface area contributed by atoms with Gasteiger partial charge < -0.3 is 9.52 Å². The van der Waals surface area contributed by atoms with Crippen LogP contribution in [0, 0.1) is 0 Å². The van der Waals surface area contributed by atoms with Crippen molar-refractivity contribution in [1.82, 2.24) is 0 Å². The van der Waals surface area contributed by atoms with E-state index in [0.29, 0.717) is 5.39 Å². The fourth-order valence-corrected chi connectivity index (χ4v) is 2.45. The van der Waals surface area contributed by atoms with Crippen LogP contribution in [0.25, 0.3) is 22.1 Å². The monoisotopic (exact) mass is 340 g/mol. The maximum absolute atomic E-state index is 13.2. The zero-order chi connectivity index (χ0) is 16.8. The number of rotatable bonds is 1. The Morgan fingerprint density at radius 1 is 1.00 bits per heavy atom. The molecule has 0 aliphatic carbocycles. The van der Waals surface area contributed by atoms with Gasteiger partial charge >= 0.3 is 11.8 Å². The van der Waals surface area contributed by atoms with Gasteiger partial charge in [0.05, 0.1) is 11.1 Å². The summed E-state index contributed by atoms with van der Waals surface area (Å²) in [5, 5.41) is 9.67. The topological polar surface area (TPSA) is 50.4 Å². The molecule has 2 aromatic carbocycles. The highest BCUT2D eigenvalue weighted by molar-refractivity contribution is 6.30. The van der Waals surface area contributed by atoms with Gasteiger partial charge in [-0.05, 0) is 30.3 Å². The van der Waals surface area contributed by atoms with E-state index in [4.69, 9.17) is 16.0 Å². The van der Waals surface area contributed by atoms with E-state index < -0.39 is 17.4 Å². The maximum Gasteiger partial charge on any atom is 0.417 e. The lowest BCUT2D eigenvalue weighted by molar-refractivity contribution is -0.137. The van der Waals surface area contributed by atoms with Gasteiger partial charge in [0.25, 0.3) is 0 Å². The van der Waals surface area contributed by atoms with Gasteiger partial charge in [0.1, 0.15) is 11.3 Å². The summed E-state index contributed by atoms with van der Waals surface area (Å²) in [6.45, 7) is 0. The molecular weight excluding hydrogens is 333 g/mol. The summed E-state index contributed by atoms with van der Waals surface area (Å²) in [6.07, 6.45) is -4.67. The number of aromatic hydroxyl groups is 1. The van der Waals surface area contributed by atoms with E-state index in [1.54, 1.807) is 0 Å². The Labute approximate surface area is 132 Å². The Bertz CT molecular complexity index is 961. The van der Waals surface area contributed by atoms with E-state index >= 15 is 0 Å². The maximum atomic E-state index is 13.2. The third kappa shape index (κ3) is 2.90. The predicted molar refractivity (Wildman–Crippen MR) is 79.6 cm³/mol. The number of phenolic OH excluding ortho intramolecular Hbond substituents is 1. The number of hydrogen-bond acceptors (Lipinski definition) is 3. The minimum absolute atomic E-state index is 0.0845. The molecule has 0 unspecified atom stereocenters. The molecule has 3 nitrogen and oxygen atoms in total. The minimum Gasteiger partial charge on any atom is -0.508 e. The zero-order valence-corrected chi connectivity index (χ0v) is 12.1. The Morgan fingerprint density at radius 2 is 1.74 bits per heavy atom. The largest absolute Gasteiger partial charge is 0.508 e. The highest BCUT2D eigenvalue weighted by atomic mass is 35.5. The van der Waals surface area contributed by atoms with E-state index in [2.05, 4.69) is 0 Å². The van der Waals surface area contributed by atoms with Crippen LogP contribution in [-0.2, 0) is 6.18 Å². The van der Waals surface area contributed by atoms with Gasteiger partial charge in [-0.15, -0.1) is 0 Å². The third-order valence-corrected chi connectivity index (χ3v) is 3.53. The van der Waals surface area contributed by atoms with Gasteiger partial charge in [0.2, 0.25) is 0 Å². The first-order valence-electron chi connectivity index (χ1n) is 6.40. The first-order valence-corrected chi connectivity index (χ1v) is 6.77. The smallest absolute Gasteiger partial charge is 0.417 e. The van der Waals surface area contributed by atoms with Gasteiger partial charge in [0.15, 0.2) is 0 Å². The molecule has 23 heavy (non-hydrogen) atoms. The second kappa shape index (κ2) is 5.31. The molecule has 1 heterocycles. The molecule has 0 amide bonds. The van der Waals surface area contributed by atoms with Crippen LogP contribution >= 0.6 is 11.6 Å². The summed E-state index contributed by atoms with van der Waals surface area (Å²) < 4.78 is 44.6. The number of fused-ring (bicyclic) bond motifs is 1. The molecule has 0 fully saturated rings. The number of benzene rings is 2. The second-order valence-electron chi connectivity index (χ2n) is 4.86. The van der Waals surface area contributed by atoms with Crippen LogP contribution in [0.15, 0.2) is 51.7 Å². The molecule has 7 heteroatoms. The summed E-state index contributed by atoms with van der Waals surface area (Å²) in [6, 6.07) is 8.46. The van der Waals surface area contributed by atoms with E-state index in [1.165, 1.54) is 30.3 Å². The van der Waals surface area contributed by atoms with E-state index in [0.717, 1.165) is 12.1 Å². The Kier molecular flexibility index (Phi) is 3.56. The van der Waals surface area contributed by atoms with Crippen LogP contribution in [-0.4, -0.2) is 5.11 Å². The molecule has 0 radical (unpaired) electrons. The normalized spacial score (nSPS) is 11.8. The molecule has 0 saturated carbocycles. The molecule has 0 spiro atoms. The molecule has 3 rings (SSSR count). The molecule has 0 atom stereocenters.